The second-order valence-corrected chi connectivity index (χ2v) is 5.79. The van der Waals surface area contributed by atoms with E-state index in [1.807, 2.05) is 0 Å². The predicted molar refractivity (Wildman–Crippen MR) is 94.7 cm³/mol. The van der Waals surface area contributed by atoms with Gasteiger partial charge >= 0.3 is 0 Å². The van der Waals surface area contributed by atoms with Crippen LogP contribution in [0.15, 0.2) is 33.9 Å². The maximum absolute atomic E-state index is 12.3. The van der Waals surface area contributed by atoms with E-state index in [0.29, 0.717) is 23.4 Å². The monoisotopic (exact) mass is 352 g/mol. The molecule has 1 aliphatic heterocycles. The predicted octanol–water partition coefficient (Wildman–Crippen LogP) is 0.370. The molecule has 0 saturated carbocycles. The smallest absolute Gasteiger partial charge is 0.273 e. The summed E-state index contributed by atoms with van der Waals surface area (Å²) in [6.45, 7) is 1.75. The minimum atomic E-state index is -0.323. The first kappa shape index (κ1) is 18.2. The topological polar surface area (TPSA) is 96.0 Å². The van der Waals surface area contributed by atoms with Crippen molar-refractivity contribution in [2.45, 2.75) is 31.8 Å². The fourth-order valence-electron chi connectivity index (χ4n) is 2.87. The lowest BCUT2D eigenvalue weighted by molar-refractivity contribution is -0.121. The fourth-order valence-corrected chi connectivity index (χ4v) is 2.87. The first-order valence-corrected chi connectivity index (χ1v) is 7.87. The second kappa shape index (κ2) is 8.12. The van der Waals surface area contributed by atoms with Gasteiger partial charge in [0, 0.05) is 19.0 Å². The van der Waals surface area contributed by atoms with Crippen molar-refractivity contribution in [3.05, 3.63) is 45.0 Å². The number of fused-ring (bicyclic) bond motifs is 1. The maximum Gasteiger partial charge on any atom is 0.273 e. The highest BCUT2D eigenvalue weighted by molar-refractivity contribution is 5.85. The first-order valence-electron chi connectivity index (χ1n) is 7.87. The Balaban J connectivity index is 0.00000208. The van der Waals surface area contributed by atoms with Gasteiger partial charge in [-0.3, -0.25) is 19.5 Å². The molecule has 3 N–H and O–H groups in total. The lowest BCUT2D eigenvalue weighted by Gasteiger charge is -2.12. The van der Waals surface area contributed by atoms with Crippen LogP contribution in [0.4, 0.5) is 0 Å². The van der Waals surface area contributed by atoms with Crippen molar-refractivity contribution in [3.63, 3.8) is 0 Å². The van der Waals surface area contributed by atoms with Crippen molar-refractivity contribution >= 4 is 29.1 Å². The van der Waals surface area contributed by atoms with Crippen molar-refractivity contribution in [3.8, 4) is 0 Å². The summed E-state index contributed by atoms with van der Waals surface area (Å²) in [5.41, 5.74) is -0.610. The van der Waals surface area contributed by atoms with E-state index >= 15 is 0 Å². The minimum absolute atomic E-state index is 0. The van der Waals surface area contributed by atoms with Crippen LogP contribution in [0, 0.1) is 0 Å². The molecule has 1 unspecified atom stereocenters. The molecule has 1 saturated heterocycles. The molecular formula is C16H21ClN4O3. The molecule has 1 aliphatic rings. The van der Waals surface area contributed by atoms with E-state index in [2.05, 4.69) is 15.7 Å². The van der Waals surface area contributed by atoms with Gasteiger partial charge in [0.25, 0.3) is 11.1 Å². The molecule has 130 valence electrons. The van der Waals surface area contributed by atoms with E-state index in [0.717, 1.165) is 19.4 Å². The standard InChI is InChI=1S/C16H20N4O3.ClH/c21-14(18-10-11-4-3-8-17-11)7-9-20-16(23)13-6-2-1-5-12(13)15(22)19-20;/h1-2,5-6,11,17H,3-4,7-10H2,(H,18,21)(H,19,22);1H. The van der Waals surface area contributed by atoms with Crippen LogP contribution in [-0.2, 0) is 11.3 Å². The van der Waals surface area contributed by atoms with Crippen LogP contribution in [0.2, 0.25) is 0 Å². The summed E-state index contributed by atoms with van der Waals surface area (Å²) >= 11 is 0. The molecule has 0 aliphatic carbocycles. The molecule has 2 aromatic rings. The summed E-state index contributed by atoms with van der Waals surface area (Å²) in [6.07, 6.45) is 2.35. The molecule has 0 spiro atoms. The van der Waals surface area contributed by atoms with E-state index in [4.69, 9.17) is 0 Å². The Kier molecular flexibility index (Phi) is 6.16. The third-order valence-electron chi connectivity index (χ3n) is 4.15. The van der Waals surface area contributed by atoms with Crippen LogP contribution >= 0.6 is 12.4 Å². The maximum atomic E-state index is 12.3. The number of rotatable bonds is 5. The van der Waals surface area contributed by atoms with Gasteiger partial charge in [-0.15, -0.1) is 12.4 Å². The van der Waals surface area contributed by atoms with Gasteiger partial charge in [0.2, 0.25) is 5.91 Å². The number of H-pyrrole nitrogens is 1. The third kappa shape index (κ3) is 4.04. The lowest BCUT2D eigenvalue weighted by Crippen LogP contribution is -2.38. The van der Waals surface area contributed by atoms with Crippen LogP contribution in [0.5, 0.6) is 0 Å². The average Bonchev–Trinajstić information content (AvgIpc) is 3.08. The van der Waals surface area contributed by atoms with Crippen LogP contribution in [0.1, 0.15) is 19.3 Å². The van der Waals surface area contributed by atoms with Gasteiger partial charge in [-0.05, 0) is 31.5 Å². The van der Waals surface area contributed by atoms with Gasteiger partial charge in [-0.2, -0.15) is 0 Å². The quantitative estimate of drug-likeness (QED) is 0.724. The van der Waals surface area contributed by atoms with Gasteiger partial charge < -0.3 is 10.6 Å². The highest BCUT2D eigenvalue weighted by Gasteiger charge is 2.15. The van der Waals surface area contributed by atoms with Crippen molar-refractivity contribution in [1.29, 1.82) is 0 Å². The largest absolute Gasteiger partial charge is 0.354 e. The van der Waals surface area contributed by atoms with Crippen molar-refractivity contribution in [2.24, 2.45) is 0 Å². The number of hydrogen-bond acceptors (Lipinski definition) is 4. The summed E-state index contributed by atoms with van der Waals surface area (Å²) in [7, 11) is 0. The van der Waals surface area contributed by atoms with Gasteiger partial charge in [0.15, 0.2) is 0 Å². The zero-order valence-electron chi connectivity index (χ0n) is 13.2. The number of aromatic nitrogens is 2. The summed E-state index contributed by atoms with van der Waals surface area (Å²) < 4.78 is 1.21. The second-order valence-electron chi connectivity index (χ2n) is 5.79. The van der Waals surface area contributed by atoms with E-state index < -0.39 is 0 Å². The van der Waals surface area contributed by atoms with Gasteiger partial charge in [-0.1, -0.05) is 12.1 Å². The van der Waals surface area contributed by atoms with Gasteiger partial charge in [0.05, 0.1) is 17.3 Å². The molecule has 3 rings (SSSR count). The van der Waals surface area contributed by atoms with E-state index in [9.17, 15) is 14.4 Å². The highest BCUT2D eigenvalue weighted by Crippen LogP contribution is 2.04. The molecule has 1 amide bonds. The summed E-state index contributed by atoms with van der Waals surface area (Å²) in [5, 5.41) is 9.42. The number of benzene rings is 1. The number of carbonyl (C=O) groups is 1. The molecule has 0 radical (unpaired) electrons. The van der Waals surface area contributed by atoms with Crippen LogP contribution in [0.25, 0.3) is 10.8 Å². The average molecular weight is 353 g/mol. The Morgan fingerprint density at radius 2 is 2.00 bits per heavy atom. The molecule has 0 bridgehead atoms. The van der Waals surface area contributed by atoms with Gasteiger partial charge in [-0.25, -0.2) is 4.68 Å². The number of nitrogens with zero attached hydrogens (tertiary/aromatic N) is 1. The number of aryl methyl sites for hydroxylation is 1. The molecule has 1 aromatic carbocycles. The molecule has 1 aromatic heterocycles. The summed E-state index contributed by atoms with van der Waals surface area (Å²) in [4.78, 5) is 36.2. The number of halogens is 1. The molecule has 7 nitrogen and oxygen atoms in total. The van der Waals surface area contributed by atoms with Gasteiger partial charge in [0.1, 0.15) is 0 Å². The van der Waals surface area contributed by atoms with Crippen molar-refractivity contribution in [1.82, 2.24) is 20.4 Å². The molecule has 2 heterocycles. The SMILES string of the molecule is Cl.O=C(CCn1[nH]c(=O)c2ccccc2c1=O)NCC1CCCN1. The Labute approximate surface area is 144 Å². The fraction of sp³-hybridized carbons (Fsp3) is 0.438. The molecule has 1 atom stereocenters. The Bertz CT molecular complexity index is 824. The summed E-state index contributed by atoms with van der Waals surface area (Å²) in [6, 6.07) is 7.00. The Morgan fingerprint density at radius 3 is 2.71 bits per heavy atom. The molecule has 8 heteroatoms. The van der Waals surface area contributed by atoms with E-state index in [-0.39, 0.29) is 42.4 Å². The summed E-state index contributed by atoms with van der Waals surface area (Å²) in [5.74, 6) is -0.125. The number of aromatic amines is 1. The van der Waals surface area contributed by atoms with Crippen LogP contribution in [0.3, 0.4) is 0 Å². The Hall–Kier alpha value is -2.12. The highest BCUT2D eigenvalue weighted by atomic mass is 35.5. The number of nitrogens with one attached hydrogen (secondary N) is 3. The van der Waals surface area contributed by atoms with E-state index in [1.165, 1.54) is 4.68 Å². The Morgan fingerprint density at radius 1 is 1.25 bits per heavy atom. The normalized spacial score (nSPS) is 16.8. The number of hydrogen-bond donors (Lipinski definition) is 3. The molecule has 1 fully saturated rings. The van der Waals surface area contributed by atoms with Crippen LogP contribution < -0.4 is 21.8 Å². The van der Waals surface area contributed by atoms with Crippen molar-refractivity contribution in [2.75, 3.05) is 13.1 Å². The number of amides is 1. The first-order chi connectivity index (χ1) is 11.1. The zero-order chi connectivity index (χ0) is 16.2. The van der Waals surface area contributed by atoms with Crippen LogP contribution in [-0.4, -0.2) is 34.8 Å². The van der Waals surface area contributed by atoms with Crippen molar-refractivity contribution < 1.29 is 4.79 Å². The third-order valence-corrected chi connectivity index (χ3v) is 4.15. The molecular weight excluding hydrogens is 332 g/mol. The lowest BCUT2D eigenvalue weighted by atomic mass is 10.2. The van der Waals surface area contributed by atoms with E-state index in [1.54, 1.807) is 24.3 Å². The minimum Gasteiger partial charge on any atom is -0.354 e. The molecule has 24 heavy (non-hydrogen) atoms. The number of carbonyl (C=O) groups excluding carboxylic acids is 1. The zero-order valence-corrected chi connectivity index (χ0v) is 14.0.